The zero-order valence-electron chi connectivity index (χ0n) is 11.7. The number of carboxylic acid groups (broad SMARTS) is 1. The van der Waals surface area contributed by atoms with Crippen molar-refractivity contribution in [1.82, 2.24) is 5.32 Å². The third-order valence-corrected chi connectivity index (χ3v) is 1.90. The Bertz CT molecular complexity index is 315. The van der Waals surface area contributed by atoms with Crippen molar-refractivity contribution in [2.75, 3.05) is 0 Å². The third-order valence-electron chi connectivity index (χ3n) is 1.90. The van der Waals surface area contributed by atoms with E-state index in [9.17, 15) is 9.59 Å². The summed E-state index contributed by atoms with van der Waals surface area (Å²) in [4.78, 5) is 22.1. The van der Waals surface area contributed by atoms with Crippen LogP contribution < -0.4 is 5.32 Å². The molecule has 18 heavy (non-hydrogen) atoms. The second-order valence-corrected chi connectivity index (χ2v) is 5.58. The molecule has 0 saturated carbocycles. The number of carboxylic acids is 1. The number of alkyl carbamates (subject to hydrolysis) is 1. The summed E-state index contributed by atoms with van der Waals surface area (Å²) < 4.78 is 5.13. The van der Waals surface area contributed by atoms with Crippen molar-refractivity contribution in [3.05, 3.63) is 12.2 Å². The van der Waals surface area contributed by atoms with Gasteiger partial charge < -0.3 is 15.2 Å². The number of hydrogen-bond donors (Lipinski definition) is 2. The summed E-state index contributed by atoms with van der Waals surface area (Å²) in [6.07, 6.45) is 2.61. The molecule has 0 radical (unpaired) electrons. The summed E-state index contributed by atoms with van der Waals surface area (Å²) in [5.41, 5.74) is -0.566. The minimum atomic E-state index is -1.03. The molecule has 0 aliphatic heterocycles. The van der Waals surface area contributed by atoms with Gasteiger partial charge in [-0.3, -0.25) is 0 Å². The molecule has 0 rings (SSSR count). The Morgan fingerprint density at radius 3 is 2.28 bits per heavy atom. The Hall–Kier alpha value is -1.52. The predicted molar refractivity (Wildman–Crippen MR) is 69.4 cm³/mol. The number of ether oxygens (including phenoxy) is 1. The highest BCUT2D eigenvalue weighted by Gasteiger charge is 2.18. The van der Waals surface area contributed by atoms with Crippen LogP contribution in [0, 0.1) is 5.92 Å². The summed E-state index contributed by atoms with van der Waals surface area (Å²) >= 11 is 0. The molecule has 5 heteroatoms. The van der Waals surface area contributed by atoms with Crippen molar-refractivity contribution in [3.8, 4) is 0 Å². The van der Waals surface area contributed by atoms with Crippen LogP contribution in [0.5, 0.6) is 0 Å². The van der Waals surface area contributed by atoms with E-state index in [0.29, 0.717) is 12.3 Å². The Morgan fingerprint density at radius 1 is 1.33 bits per heavy atom. The maximum absolute atomic E-state index is 11.6. The normalized spacial score (nSPS) is 13.7. The van der Waals surface area contributed by atoms with E-state index < -0.39 is 17.7 Å². The molecule has 0 aromatic carbocycles. The van der Waals surface area contributed by atoms with Gasteiger partial charge in [-0.15, -0.1) is 0 Å². The third kappa shape index (κ3) is 9.69. The Balaban J connectivity index is 4.49. The molecular formula is C13H23NO4. The van der Waals surface area contributed by atoms with E-state index in [1.807, 2.05) is 13.8 Å². The fourth-order valence-electron chi connectivity index (χ4n) is 1.35. The van der Waals surface area contributed by atoms with Crippen LogP contribution >= 0.6 is 0 Å². The fourth-order valence-corrected chi connectivity index (χ4v) is 1.35. The summed E-state index contributed by atoms with van der Waals surface area (Å²) in [5.74, 6) is -0.696. The summed E-state index contributed by atoms with van der Waals surface area (Å²) in [7, 11) is 0. The maximum atomic E-state index is 11.6. The first kappa shape index (κ1) is 16.5. The second kappa shape index (κ2) is 7.03. The second-order valence-electron chi connectivity index (χ2n) is 5.58. The smallest absolute Gasteiger partial charge is 0.408 e. The van der Waals surface area contributed by atoms with E-state index in [1.165, 1.54) is 6.08 Å². The molecule has 0 aliphatic rings. The van der Waals surface area contributed by atoms with Gasteiger partial charge in [-0.05, 0) is 33.1 Å². The van der Waals surface area contributed by atoms with Gasteiger partial charge in [0.1, 0.15) is 5.60 Å². The number of hydrogen-bond acceptors (Lipinski definition) is 3. The average Bonchev–Trinajstić information content (AvgIpc) is 2.09. The first-order valence-electron chi connectivity index (χ1n) is 6.01. The predicted octanol–water partition coefficient (Wildman–Crippen LogP) is 2.57. The van der Waals surface area contributed by atoms with E-state index in [0.717, 1.165) is 6.08 Å². The van der Waals surface area contributed by atoms with Gasteiger partial charge in [0.05, 0.1) is 6.04 Å². The molecule has 0 aromatic heterocycles. The summed E-state index contributed by atoms with van der Waals surface area (Å²) in [5, 5.41) is 11.2. The fraction of sp³-hybridized carbons (Fsp3) is 0.692. The molecule has 0 aliphatic carbocycles. The van der Waals surface area contributed by atoms with E-state index >= 15 is 0 Å². The number of rotatable bonds is 5. The molecule has 0 spiro atoms. The average molecular weight is 257 g/mol. The van der Waals surface area contributed by atoms with Gasteiger partial charge in [0.25, 0.3) is 0 Å². The van der Waals surface area contributed by atoms with Crippen LogP contribution in [0.4, 0.5) is 4.79 Å². The number of carbonyl (C=O) groups excluding carboxylic acids is 1. The van der Waals surface area contributed by atoms with Crippen molar-refractivity contribution in [2.24, 2.45) is 5.92 Å². The first-order valence-corrected chi connectivity index (χ1v) is 6.01. The lowest BCUT2D eigenvalue weighted by molar-refractivity contribution is -0.131. The quantitative estimate of drug-likeness (QED) is 0.742. The van der Waals surface area contributed by atoms with Gasteiger partial charge in [0.15, 0.2) is 0 Å². The SMILES string of the molecule is CC(C)C[C@H](/C=C/C(=O)O)NC(=O)OC(C)(C)C. The van der Waals surface area contributed by atoms with Crippen LogP contribution in [0.2, 0.25) is 0 Å². The van der Waals surface area contributed by atoms with Crippen LogP contribution in [-0.2, 0) is 9.53 Å². The van der Waals surface area contributed by atoms with E-state index in [4.69, 9.17) is 9.84 Å². The van der Waals surface area contributed by atoms with Gasteiger partial charge >= 0.3 is 12.1 Å². The minimum Gasteiger partial charge on any atom is -0.478 e. The van der Waals surface area contributed by atoms with Crippen molar-refractivity contribution in [2.45, 2.75) is 52.7 Å². The Labute approximate surface area is 108 Å². The molecule has 2 N–H and O–H groups in total. The number of carbonyl (C=O) groups is 2. The Kier molecular flexibility index (Phi) is 6.44. The Morgan fingerprint density at radius 2 is 1.89 bits per heavy atom. The van der Waals surface area contributed by atoms with Crippen LogP contribution in [-0.4, -0.2) is 28.8 Å². The molecule has 0 bridgehead atoms. The molecule has 0 unspecified atom stereocenters. The van der Waals surface area contributed by atoms with Crippen LogP contribution in [0.15, 0.2) is 12.2 Å². The van der Waals surface area contributed by atoms with Crippen molar-refractivity contribution in [3.63, 3.8) is 0 Å². The molecule has 0 heterocycles. The lowest BCUT2D eigenvalue weighted by Gasteiger charge is -2.23. The van der Waals surface area contributed by atoms with Gasteiger partial charge in [0, 0.05) is 6.08 Å². The van der Waals surface area contributed by atoms with E-state index in [-0.39, 0.29) is 6.04 Å². The van der Waals surface area contributed by atoms with Gasteiger partial charge in [0.2, 0.25) is 0 Å². The zero-order valence-corrected chi connectivity index (χ0v) is 11.7. The van der Waals surface area contributed by atoms with E-state index in [2.05, 4.69) is 5.32 Å². The summed E-state index contributed by atoms with van der Waals surface area (Å²) in [6.45, 7) is 9.32. The van der Waals surface area contributed by atoms with E-state index in [1.54, 1.807) is 20.8 Å². The largest absolute Gasteiger partial charge is 0.478 e. The standard InChI is InChI=1S/C13H23NO4/c1-9(2)8-10(6-7-11(15)16)14-12(17)18-13(3,4)5/h6-7,9-10H,8H2,1-5H3,(H,14,17)(H,15,16)/b7-6+/t10-/m0/s1. The molecule has 5 nitrogen and oxygen atoms in total. The van der Waals surface area contributed by atoms with Crippen LogP contribution in [0.3, 0.4) is 0 Å². The zero-order chi connectivity index (χ0) is 14.3. The molecule has 0 saturated heterocycles. The molecule has 0 fully saturated rings. The topological polar surface area (TPSA) is 75.6 Å². The molecule has 0 aromatic rings. The number of nitrogens with one attached hydrogen (secondary N) is 1. The lowest BCUT2D eigenvalue weighted by atomic mass is 10.0. The monoisotopic (exact) mass is 257 g/mol. The maximum Gasteiger partial charge on any atom is 0.408 e. The molecule has 1 atom stereocenters. The number of amides is 1. The van der Waals surface area contributed by atoms with Crippen molar-refractivity contribution in [1.29, 1.82) is 0 Å². The first-order chi connectivity index (χ1) is 8.10. The van der Waals surface area contributed by atoms with Crippen LogP contribution in [0.1, 0.15) is 41.0 Å². The van der Waals surface area contributed by atoms with Gasteiger partial charge in [-0.25, -0.2) is 9.59 Å². The molecule has 1 amide bonds. The minimum absolute atomic E-state index is 0.336. The summed E-state index contributed by atoms with van der Waals surface area (Å²) in [6, 6.07) is -0.337. The molecular weight excluding hydrogens is 234 g/mol. The highest BCUT2D eigenvalue weighted by Crippen LogP contribution is 2.10. The van der Waals surface area contributed by atoms with Gasteiger partial charge in [-0.2, -0.15) is 0 Å². The molecule has 104 valence electrons. The van der Waals surface area contributed by atoms with Crippen LogP contribution in [0.25, 0.3) is 0 Å². The highest BCUT2D eigenvalue weighted by atomic mass is 16.6. The van der Waals surface area contributed by atoms with Crippen molar-refractivity contribution < 1.29 is 19.4 Å². The highest BCUT2D eigenvalue weighted by molar-refractivity contribution is 5.80. The van der Waals surface area contributed by atoms with Gasteiger partial charge in [-0.1, -0.05) is 19.9 Å². The number of aliphatic carboxylic acids is 1. The lowest BCUT2D eigenvalue weighted by Crippen LogP contribution is -2.38. The van der Waals surface area contributed by atoms with Crippen molar-refractivity contribution >= 4 is 12.1 Å².